The van der Waals surface area contributed by atoms with Crippen LogP contribution in [-0.2, 0) is 14.8 Å². The number of rotatable bonds is 6. The first-order valence-electron chi connectivity index (χ1n) is 6.13. The van der Waals surface area contributed by atoms with Gasteiger partial charge in [0.2, 0.25) is 10.0 Å². The molecular weight excluding hydrogens is 240 g/mol. The van der Waals surface area contributed by atoms with Gasteiger partial charge < -0.3 is 10.5 Å². The lowest BCUT2D eigenvalue weighted by Crippen LogP contribution is -2.39. The van der Waals surface area contributed by atoms with Gasteiger partial charge in [-0.05, 0) is 31.6 Å². The van der Waals surface area contributed by atoms with Gasteiger partial charge in [-0.3, -0.25) is 0 Å². The SMILES string of the molecule is COCC(N)CCC1CCCN(S(C)(=O)=O)C1. The van der Waals surface area contributed by atoms with Crippen LogP contribution in [0.1, 0.15) is 25.7 Å². The van der Waals surface area contributed by atoms with Crippen molar-refractivity contribution in [2.24, 2.45) is 11.7 Å². The molecule has 102 valence electrons. The molecule has 0 bridgehead atoms. The summed E-state index contributed by atoms with van der Waals surface area (Å²) in [4.78, 5) is 0. The summed E-state index contributed by atoms with van der Waals surface area (Å²) in [7, 11) is -1.39. The molecule has 1 saturated heterocycles. The Bertz CT molecular complexity index is 319. The first kappa shape index (κ1) is 14.9. The third-order valence-corrected chi connectivity index (χ3v) is 4.55. The smallest absolute Gasteiger partial charge is 0.211 e. The van der Waals surface area contributed by atoms with E-state index in [0.717, 1.165) is 25.7 Å². The maximum Gasteiger partial charge on any atom is 0.211 e. The Balaban J connectivity index is 2.35. The van der Waals surface area contributed by atoms with Gasteiger partial charge >= 0.3 is 0 Å². The van der Waals surface area contributed by atoms with Crippen LogP contribution < -0.4 is 5.73 Å². The van der Waals surface area contributed by atoms with E-state index in [1.165, 1.54) is 6.26 Å². The average Bonchev–Trinajstić information content (AvgIpc) is 2.26. The molecule has 0 spiro atoms. The van der Waals surface area contributed by atoms with E-state index in [0.29, 0.717) is 25.6 Å². The lowest BCUT2D eigenvalue weighted by atomic mass is 9.93. The summed E-state index contributed by atoms with van der Waals surface area (Å²) < 4.78 is 29.5. The summed E-state index contributed by atoms with van der Waals surface area (Å²) in [6.07, 6.45) is 5.22. The minimum Gasteiger partial charge on any atom is -0.383 e. The van der Waals surface area contributed by atoms with Gasteiger partial charge in [-0.2, -0.15) is 0 Å². The van der Waals surface area contributed by atoms with Crippen molar-refractivity contribution in [3.8, 4) is 0 Å². The highest BCUT2D eigenvalue weighted by molar-refractivity contribution is 7.88. The molecule has 2 unspecified atom stereocenters. The molecule has 1 aliphatic rings. The van der Waals surface area contributed by atoms with E-state index in [4.69, 9.17) is 10.5 Å². The first-order chi connectivity index (χ1) is 7.93. The second-order valence-corrected chi connectivity index (χ2v) is 6.90. The van der Waals surface area contributed by atoms with Crippen LogP contribution >= 0.6 is 0 Å². The number of nitrogens with two attached hydrogens (primary N) is 1. The summed E-state index contributed by atoms with van der Waals surface area (Å²) in [5.41, 5.74) is 5.86. The van der Waals surface area contributed by atoms with Gasteiger partial charge in [0.15, 0.2) is 0 Å². The molecule has 5 nitrogen and oxygen atoms in total. The van der Waals surface area contributed by atoms with Crippen LogP contribution in [0.3, 0.4) is 0 Å². The van der Waals surface area contributed by atoms with E-state index >= 15 is 0 Å². The van der Waals surface area contributed by atoms with Gasteiger partial charge in [0.1, 0.15) is 0 Å². The fourth-order valence-electron chi connectivity index (χ4n) is 2.31. The number of hydrogen-bond donors (Lipinski definition) is 1. The molecule has 0 aromatic heterocycles. The number of ether oxygens (including phenoxy) is 1. The zero-order valence-electron chi connectivity index (χ0n) is 10.8. The van der Waals surface area contributed by atoms with Crippen LogP contribution in [0.2, 0.25) is 0 Å². The Labute approximate surface area is 104 Å². The number of hydrogen-bond acceptors (Lipinski definition) is 4. The van der Waals surface area contributed by atoms with Gasteiger partial charge in [0, 0.05) is 26.2 Å². The molecule has 2 N–H and O–H groups in total. The van der Waals surface area contributed by atoms with E-state index in [1.807, 2.05) is 0 Å². The molecule has 0 aromatic rings. The zero-order chi connectivity index (χ0) is 12.9. The van der Waals surface area contributed by atoms with Crippen molar-refractivity contribution in [1.29, 1.82) is 0 Å². The molecule has 1 aliphatic heterocycles. The van der Waals surface area contributed by atoms with Crippen LogP contribution in [0.5, 0.6) is 0 Å². The van der Waals surface area contributed by atoms with Gasteiger partial charge in [-0.15, -0.1) is 0 Å². The Hall–Kier alpha value is -0.170. The standard InChI is InChI=1S/C11H24N2O3S/c1-16-9-11(12)6-5-10-4-3-7-13(8-10)17(2,14)15/h10-11H,3-9,12H2,1-2H3. The maximum absolute atomic E-state index is 11.5. The van der Waals surface area contributed by atoms with Crippen molar-refractivity contribution < 1.29 is 13.2 Å². The normalized spacial score (nSPS) is 24.8. The Morgan fingerprint density at radius 3 is 2.82 bits per heavy atom. The van der Waals surface area contributed by atoms with Gasteiger partial charge in [-0.1, -0.05) is 0 Å². The molecule has 0 saturated carbocycles. The van der Waals surface area contributed by atoms with Crippen LogP contribution in [0.15, 0.2) is 0 Å². The van der Waals surface area contributed by atoms with Gasteiger partial charge in [-0.25, -0.2) is 12.7 Å². The minimum atomic E-state index is -3.03. The third kappa shape index (κ3) is 5.33. The van der Waals surface area contributed by atoms with E-state index in [1.54, 1.807) is 11.4 Å². The molecule has 2 atom stereocenters. The highest BCUT2D eigenvalue weighted by Gasteiger charge is 2.25. The number of methoxy groups -OCH3 is 1. The Morgan fingerprint density at radius 1 is 1.53 bits per heavy atom. The monoisotopic (exact) mass is 264 g/mol. The van der Waals surface area contributed by atoms with Crippen molar-refractivity contribution in [2.45, 2.75) is 31.7 Å². The van der Waals surface area contributed by atoms with Crippen LogP contribution in [-0.4, -0.2) is 51.8 Å². The van der Waals surface area contributed by atoms with Crippen molar-refractivity contribution in [1.82, 2.24) is 4.31 Å². The van der Waals surface area contributed by atoms with Crippen molar-refractivity contribution >= 4 is 10.0 Å². The summed E-state index contributed by atoms with van der Waals surface area (Å²) in [6.45, 7) is 1.89. The lowest BCUT2D eigenvalue weighted by Gasteiger charge is -2.31. The molecule has 0 aliphatic carbocycles. The van der Waals surface area contributed by atoms with Crippen molar-refractivity contribution in [3.05, 3.63) is 0 Å². The molecular formula is C11H24N2O3S. The second kappa shape index (κ2) is 6.68. The quantitative estimate of drug-likeness (QED) is 0.754. The number of nitrogens with zero attached hydrogens (tertiary/aromatic N) is 1. The topological polar surface area (TPSA) is 72.6 Å². The van der Waals surface area contributed by atoms with Crippen molar-refractivity contribution in [2.75, 3.05) is 33.1 Å². The number of sulfonamides is 1. The highest BCUT2D eigenvalue weighted by Crippen LogP contribution is 2.22. The maximum atomic E-state index is 11.5. The largest absolute Gasteiger partial charge is 0.383 e. The fourth-order valence-corrected chi connectivity index (χ4v) is 3.25. The molecule has 17 heavy (non-hydrogen) atoms. The first-order valence-corrected chi connectivity index (χ1v) is 7.98. The van der Waals surface area contributed by atoms with E-state index < -0.39 is 10.0 Å². The number of piperidine rings is 1. The Kier molecular flexibility index (Phi) is 5.85. The van der Waals surface area contributed by atoms with E-state index in [9.17, 15) is 8.42 Å². The molecule has 6 heteroatoms. The van der Waals surface area contributed by atoms with Crippen LogP contribution in [0.25, 0.3) is 0 Å². The third-order valence-electron chi connectivity index (χ3n) is 3.28. The minimum absolute atomic E-state index is 0.0635. The summed E-state index contributed by atoms with van der Waals surface area (Å²) in [5.74, 6) is 0.446. The van der Waals surface area contributed by atoms with Crippen molar-refractivity contribution in [3.63, 3.8) is 0 Å². The summed E-state index contributed by atoms with van der Waals surface area (Å²) in [6, 6.07) is 0.0635. The predicted molar refractivity (Wildman–Crippen MR) is 68.2 cm³/mol. The molecule has 1 rings (SSSR count). The van der Waals surface area contributed by atoms with E-state index in [2.05, 4.69) is 0 Å². The predicted octanol–water partition coefficient (Wildman–Crippen LogP) is 0.412. The molecule has 0 radical (unpaired) electrons. The average molecular weight is 264 g/mol. The van der Waals surface area contributed by atoms with Gasteiger partial charge in [0.05, 0.1) is 12.9 Å². The van der Waals surface area contributed by atoms with E-state index in [-0.39, 0.29) is 6.04 Å². The highest BCUT2D eigenvalue weighted by atomic mass is 32.2. The van der Waals surface area contributed by atoms with Crippen LogP contribution in [0.4, 0.5) is 0 Å². The molecule has 0 aromatic carbocycles. The zero-order valence-corrected chi connectivity index (χ0v) is 11.6. The Morgan fingerprint density at radius 2 is 2.24 bits per heavy atom. The summed E-state index contributed by atoms with van der Waals surface area (Å²) in [5, 5.41) is 0. The molecule has 1 fully saturated rings. The molecule has 1 heterocycles. The molecule has 0 amide bonds. The fraction of sp³-hybridized carbons (Fsp3) is 1.00. The van der Waals surface area contributed by atoms with Crippen LogP contribution in [0, 0.1) is 5.92 Å². The van der Waals surface area contributed by atoms with Gasteiger partial charge in [0.25, 0.3) is 0 Å². The second-order valence-electron chi connectivity index (χ2n) is 4.92. The summed E-state index contributed by atoms with van der Waals surface area (Å²) >= 11 is 0. The lowest BCUT2D eigenvalue weighted by molar-refractivity contribution is 0.169.